The molecule has 6 heteroatoms. The lowest BCUT2D eigenvalue weighted by Gasteiger charge is -2.06. The molecule has 0 aliphatic heterocycles. The summed E-state index contributed by atoms with van der Waals surface area (Å²) in [5.41, 5.74) is 6.95. The number of hydrogen-bond acceptors (Lipinski definition) is 4. The number of fused-ring (bicyclic) bond motifs is 4. The summed E-state index contributed by atoms with van der Waals surface area (Å²) >= 11 is 0. The molecule has 0 saturated carbocycles. The Morgan fingerprint density at radius 2 is 1.68 bits per heavy atom. The molecule has 0 aliphatic rings. The number of aryl methyl sites for hydroxylation is 1. The Balaban J connectivity index is 1.41. The minimum atomic E-state index is 0.476. The lowest BCUT2D eigenvalue weighted by molar-refractivity contribution is 0.756. The van der Waals surface area contributed by atoms with Gasteiger partial charge in [-0.25, -0.2) is 4.68 Å². The molecule has 0 fully saturated rings. The predicted octanol–water partition coefficient (Wildman–Crippen LogP) is 5.05. The molecule has 1 N–H and O–H groups in total. The van der Waals surface area contributed by atoms with Gasteiger partial charge in [0.15, 0.2) is 5.65 Å². The molecule has 0 saturated heterocycles. The molecule has 0 atom stereocenters. The van der Waals surface area contributed by atoms with Crippen molar-refractivity contribution in [2.75, 3.05) is 0 Å². The summed E-state index contributed by atoms with van der Waals surface area (Å²) in [4.78, 5) is 8.05. The van der Waals surface area contributed by atoms with Crippen molar-refractivity contribution < 1.29 is 0 Å². The Bertz CT molecular complexity index is 1590. The highest BCUT2D eigenvalue weighted by Gasteiger charge is 2.17. The van der Waals surface area contributed by atoms with Crippen molar-refractivity contribution in [1.82, 2.24) is 29.9 Å². The maximum Gasteiger partial charge on any atom is 0.272 e. The van der Waals surface area contributed by atoms with Gasteiger partial charge < -0.3 is 4.98 Å². The maximum atomic E-state index is 4.74. The fourth-order valence-corrected chi connectivity index (χ4v) is 4.28. The first kappa shape index (κ1) is 17.8. The van der Waals surface area contributed by atoms with Gasteiger partial charge in [0, 0.05) is 28.6 Å². The van der Waals surface area contributed by atoms with Crippen molar-refractivity contribution in [2.45, 2.75) is 20.3 Å². The zero-order valence-corrected chi connectivity index (χ0v) is 17.3. The minimum Gasteiger partial charge on any atom is -0.338 e. The van der Waals surface area contributed by atoms with Crippen LogP contribution < -0.4 is 0 Å². The third-order valence-electron chi connectivity index (χ3n) is 5.94. The lowest BCUT2D eigenvalue weighted by Crippen LogP contribution is -2.06. The van der Waals surface area contributed by atoms with E-state index in [4.69, 9.17) is 10.1 Å². The van der Waals surface area contributed by atoms with Crippen LogP contribution in [0.1, 0.15) is 22.5 Å². The van der Waals surface area contributed by atoms with Gasteiger partial charge in [-0.3, -0.25) is 0 Å². The van der Waals surface area contributed by atoms with Gasteiger partial charge in [-0.05, 0) is 36.2 Å². The lowest BCUT2D eigenvalue weighted by atomic mass is 10.0. The fourth-order valence-electron chi connectivity index (χ4n) is 4.28. The van der Waals surface area contributed by atoms with Crippen molar-refractivity contribution in [3.05, 3.63) is 89.2 Å². The average molecular weight is 404 g/mol. The van der Waals surface area contributed by atoms with Crippen LogP contribution in [0.3, 0.4) is 0 Å². The number of nitrogens with one attached hydrogen (secondary N) is 1. The molecule has 6 rings (SSSR count). The number of hydrogen-bond donors (Lipinski definition) is 1. The third-order valence-corrected chi connectivity index (χ3v) is 5.94. The monoisotopic (exact) mass is 404 g/mol. The Labute approximate surface area is 178 Å². The quantitative estimate of drug-likeness (QED) is 0.448. The first-order valence-corrected chi connectivity index (χ1v) is 10.3. The highest BCUT2D eigenvalue weighted by molar-refractivity contribution is 6.03. The third kappa shape index (κ3) is 2.87. The van der Waals surface area contributed by atoms with E-state index >= 15 is 0 Å². The molecule has 0 radical (unpaired) electrons. The molecule has 6 aromatic rings. The summed E-state index contributed by atoms with van der Waals surface area (Å²) in [5, 5.41) is 17.1. The van der Waals surface area contributed by atoms with Crippen LogP contribution in [0.5, 0.6) is 0 Å². The number of H-pyrrole nitrogens is 1. The standard InChI is InChI=1S/C25H20N6/c1-15-21(14-17-11-12-18-7-3-4-8-19(18)13-17)16(2)31(30-15)25-27-24-23(28-29-25)20-9-5-6-10-22(20)26-24/h3-13H,14H2,1-2H3,(H,26,27,29). The number of aromatic amines is 1. The van der Waals surface area contributed by atoms with Gasteiger partial charge in [-0.2, -0.15) is 10.1 Å². The van der Waals surface area contributed by atoms with Crippen LogP contribution in [0, 0.1) is 13.8 Å². The van der Waals surface area contributed by atoms with Crippen LogP contribution in [-0.4, -0.2) is 29.9 Å². The van der Waals surface area contributed by atoms with Gasteiger partial charge in [0.1, 0.15) is 5.52 Å². The molecule has 3 aromatic heterocycles. The van der Waals surface area contributed by atoms with E-state index in [9.17, 15) is 0 Å². The highest BCUT2D eigenvalue weighted by Crippen LogP contribution is 2.24. The number of rotatable bonds is 3. The normalized spacial score (nSPS) is 11.7. The van der Waals surface area contributed by atoms with Gasteiger partial charge in [-0.15, -0.1) is 10.2 Å². The van der Waals surface area contributed by atoms with Gasteiger partial charge >= 0.3 is 0 Å². The molecule has 0 spiro atoms. The number of aromatic nitrogens is 6. The average Bonchev–Trinajstić information content (AvgIpc) is 3.30. The Morgan fingerprint density at radius 3 is 2.58 bits per heavy atom. The van der Waals surface area contributed by atoms with E-state index in [0.717, 1.165) is 39.9 Å². The smallest absolute Gasteiger partial charge is 0.272 e. The second-order valence-electron chi connectivity index (χ2n) is 7.90. The van der Waals surface area contributed by atoms with E-state index in [1.165, 1.54) is 21.9 Å². The molecule has 3 aromatic carbocycles. The first-order valence-electron chi connectivity index (χ1n) is 10.3. The van der Waals surface area contributed by atoms with E-state index in [0.29, 0.717) is 5.95 Å². The Morgan fingerprint density at radius 1 is 0.871 bits per heavy atom. The second-order valence-corrected chi connectivity index (χ2v) is 7.90. The van der Waals surface area contributed by atoms with Crippen LogP contribution in [0.4, 0.5) is 0 Å². The summed E-state index contributed by atoms with van der Waals surface area (Å²) in [7, 11) is 0. The molecule has 0 unspecified atom stereocenters. The zero-order valence-electron chi connectivity index (χ0n) is 17.3. The van der Waals surface area contributed by atoms with Gasteiger partial charge in [0.25, 0.3) is 5.95 Å². The van der Waals surface area contributed by atoms with E-state index in [1.807, 2.05) is 31.2 Å². The van der Waals surface area contributed by atoms with Gasteiger partial charge in [0.2, 0.25) is 0 Å². The van der Waals surface area contributed by atoms with Crippen LogP contribution in [0.15, 0.2) is 66.7 Å². The van der Waals surface area contributed by atoms with Gasteiger partial charge in [0.05, 0.1) is 5.69 Å². The molecule has 0 amide bonds. The van der Waals surface area contributed by atoms with E-state index in [-0.39, 0.29) is 0 Å². The molecular formula is C25H20N6. The van der Waals surface area contributed by atoms with Crippen molar-refractivity contribution >= 4 is 32.8 Å². The molecule has 6 nitrogen and oxygen atoms in total. The zero-order chi connectivity index (χ0) is 20.9. The van der Waals surface area contributed by atoms with E-state index in [1.54, 1.807) is 4.68 Å². The molecule has 150 valence electrons. The van der Waals surface area contributed by atoms with E-state index in [2.05, 4.69) is 64.6 Å². The summed E-state index contributed by atoms with van der Waals surface area (Å²) in [6, 6.07) is 23.1. The Kier molecular flexibility index (Phi) is 3.86. The highest BCUT2D eigenvalue weighted by atomic mass is 15.4. The Hall–Kier alpha value is -4.06. The first-order chi connectivity index (χ1) is 15.2. The number of para-hydroxylation sites is 1. The van der Waals surface area contributed by atoms with Crippen molar-refractivity contribution in [3.8, 4) is 5.95 Å². The van der Waals surface area contributed by atoms with Crippen LogP contribution in [0.25, 0.3) is 38.8 Å². The van der Waals surface area contributed by atoms with E-state index < -0.39 is 0 Å². The van der Waals surface area contributed by atoms with Crippen molar-refractivity contribution in [2.24, 2.45) is 0 Å². The number of nitrogens with zero attached hydrogens (tertiary/aromatic N) is 5. The number of benzene rings is 3. The van der Waals surface area contributed by atoms with Crippen LogP contribution >= 0.6 is 0 Å². The maximum absolute atomic E-state index is 4.74. The summed E-state index contributed by atoms with van der Waals surface area (Å²) in [5.74, 6) is 0.476. The largest absolute Gasteiger partial charge is 0.338 e. The summed E-state index contributed by atoms with van der Waals surface area (Å²) in [6.45, 7) is 4.10. The van der Waals surface area contributed by atoms with Crippen LogP contribution in [0.2, 0.25) is 0 Å². The molecule has 0 aliphatic carbocycles. The van der Waals surface area contributed by atoms with Crippen molar-refractivity contribution in [3.63, 3.8) is 0 Å². The van der Waals surface area contributed by atoms with Gasteiger partial charge in [-0.1, -0.05) is 60.7 Å². The molecular weight excluding hydrogens is 384 g/mol. The second kappa shape index (κ2) is 6.74. The van der Waals surface area contributed by atoms with Crippen LogP contribution in [-0.2, 0) is 6.42 Å². The predicted molar refractivity (Wildman–Crippen MR) is 123 cm³/mol. The molecule has 0 bridgehead atoms. The fraction of sp³-hybridized carbons (Fsp3) is 0.120. The topological polar surface area (TPSA) is 72.3 Å². The molecule has 3 heterocycles. The molecule has 31 heavy (non-hydrogen) atoms. The SMILES string of the molecule is Cc1nn(-c2nnc3c(n2)[nH]c2ccccc23)c(C)c1Cc1ccc2ccccc2c1. The summed E-state index contributed by atoms with van der Waals surface area (Å²) in [6.07, 6.45) is 0.810. The van der Waals surface area contributed by atoms with Crippen molar-refractivity contribution in [1.29, 1.82) is 0 Å². The minimum absolute atomic E-state index is 0.476. The summed E-state index contributed by atoms with van der Waals surface area (Å²) < 4.78 is 1.80.